The molecule has 0 aliphatic rings. The number of hydrogen-bond acceptors (Lipinski definition) is 3. The maximum Gasteiger partial charge on any atom is 0.333 e. The van der Waals surface area contributed by atoms with E-state index in [1.54, 1.807) is 4.90 Å². The topological polar surface area (TPSA) is 46.6 Å². The van der Waals surface area contributed by atoms with Crippen LogP contribution in [0.4, 0.5) is 0 Å². The van der Waals surface area contributed by atoms with Gasteiger partial charge in [0.1, 0.15) is 0 Å². The minimum absolute atomic E-state index is 0.183. The highest BCUT2D eigenvalue weighted by molar-refractivity contribution is 5.93. The van der Waals surface area contributed by atoms with E-state index in [2.05, 4.69) is 0 Å². The summed E-state index contributed by atoms with van der Waals surface area (Å²) in [5.41, 5.74) is 1.72. The lowest BCUT2D eigenvalue weighted by molar-refractivity contribution is -0.153. The van der Waals surface area contributed by atoms with Crippen molar-refractivity contribution in [3.05, 3.63) is 83.9 Å². The zero-order valence-corrected chi connectivity index (χ0v) is 14.9. The largest absolute Gasteiger partial charge is 0.467 e. The molecule has 3 rings (SSSR count). The Bertz CT molecular complexity index is 916. The van der Waals surface area contributed by atoms with E-state index in [-0.39, 0.29) is 5.91 Å². The number of amides is 1. The Morgan fingerprint density at radius 2 is 1.58 bits per heavy atom. The first-order chi connectivity index (χ1) is 12.6. The molecular weight excluding hydrogens is 326 g/mol. The number of benzene rings is 3. The van der Waals surface area contributed by atoms with Crippen molar-refractivity contribution in [2.24, 2.45) is 0 Å². The molecule has 0 N–H and O–H groups in total. The highest BCUT2D eigenvalue weighted by Crippen LogP contribution is 2.30. The van der Waals surface area contributed by atoms with Crippen molar-refractivity contribution in [2.45, 2.75) is 19.5 Å². The lowest BCUT2D eigenvalue weighted by atomic mass is 9.97. The van der Waals surface area contributed by atoms with Gasteiger partial charge in [-0.15, -0.1) is 0 Å². The maximum absolute atomic E-state index is 12.7. The molecule has 26 heavy (non-hydrogen) atoms. The number of methoxy groups -OCH3 is 1. The summed E-state index contributed by atoms with van der Waals surface area (Å²) in [4.78, 5) is 26.7. The van der Waals surface area contributed by atoms with Gasteiger partial charge < -0.3 is 9.64 Å². The second-order valence-electron chi connectivity index (χ2n) is 6.13. The van der Waals surface area contributed by atoms with Crippen LogP contribution < -0.4 is 0 Å². The van der Waals surface area contributed by atoms with Crippen LogP contribution in [0.3, 0.4) is 0 Å². The molecule has 4 nitrogen and oxygen atoms in total. The van der Waals surface area contributed by atoms with Crippen LogP contribution in [0.2, 0.25) is 0 Å². The highest BCUT2D eigenvalue weighted by atomic mass is 16.5. The molecule has 0 heterocycles. The maximum atomic E-state index is 12.7. The fraction of sp³-hybridized carbons (Fsp3) is 0.182. The molecule has 0 aromatic heterocycles. The Kier molecular flexibility index (Phi) is 5.32. The Hall–Kier alpha value is -3.14. The van der Waals surface area contributed by atoms with Crippen molar-refractivity contribution in [1.82, 2.24) is 4.90 Å². The van der Waals surface area contributed by atoms with E-state index in [1.807, 2.05) is 72.8 Å². The van der Waals surface area contributed by atoms with Crippen molar-refractivity contribution in [2.75, 3.05) is 7.11 Å². The molecule has 3 aromatic carbocycles. The van der Waals surface area contributed by atoms with Gasteiger partial charge in [-0.25, -0.2) is 4.79 Å². The SMILES string of the molecule is COC(=O)C(c1cccc2ccccc12)N(Cc1ccccc1)C(C)=O. The molecule has 3 aromatic rings. The Morgan fingerprint density at radius 3 is 2.27 bits per heavy atom. The molecule has 0 aliphatic carbocycles. The van der Waals surface area contributed by atoms with Gasteiger partial charge >= 0.3 is 5.97 Å². The third kappa shape index (κ3) is 3.59. The molecule has 1 atom stereocenters. The standard InChI is InChI=1S/C22H21NO3/c1-16(24)23(15-17-9-4-3-5-10-17)21(22(25)26-2)20-14-8-12-18-11-6-7-13-19(18)20/h3-14,21H,15H2,1-2H3. The Labute approximate surface area is 153 Å². The number of ether oxygens (including phenoxy) is 1. The summed E-state index contributed by atoms with van der Waals surface area (Å²) in [6.45, 7) is 1.81. The minimum Gasteiger partial charge on any atom is -0.467 e. The molecule has 4 heteroatoms. The second kappa shape index (κ2) is 7.83. The molecule has 0 saturated carbocycles. The fourth-order valence-electron chi connectivity index (χ4n) is 3.19. The average Bonchev–Trinajstić information content (AvgIpc) is 2.68. The van der Waals surface area contributed by atoms with E-state index in [0.29, 0.717) is 6.54 Å². The van der Waals surface area contributed by atoms with Crippen LogP contribution in [-0.4, -0.2) is 23.9 Å². The predicted octanol–water partition coefficient (Wildman–Crippen LogP) is 4.10. The predicted molar refractivity (Wildman–Crippen MR) is 101 cm³/mol. The van der Waals surface area contributed by atoms with Crippen molar-refractivity contribution in [1.29, 1.82) is 0 Å². The fourth-order valence-corrected chi connectivity index (χ4v) is 3.19. The van der Waals surface area contributed by atoms with Crippen LogP contribution in [0, 0.1) is 0 Å². The zero-order chi connectivity index (χ0) is 18.5. The van der Waals surface area contributed by atoms with E-state index >= 15 is 0 Å². The second-order valence-corrected chi connectivity index (χ2v) is 6.13. The highest BCUT2D eigenvalue weighted by Gasteiger charge is 2.31. The number of esters is 1. The molecular formula is C22H21NO3. The average molecular weight is 347 g/mol. The smallest absolute Gasteiger partial charge is 0.333 e. The third-order valence-electron chi connectivity index (χ3n) is 4.45. The lowest BCUT2D eigenvalue weighted by Gasteiger charge is -2.30. The van der Waals surface area contributed by atoms with Gasteiger partial charge in [0.05, 0.1) is 7.11 Å². The quantitative estimate of drug-likeness (QED) is 0.653. The summed E-state index contributed by atoms with van der Waals surface area (Å²) in [6, 6.07) is 22.4. The van der Waals surface area contributed by atoms with Crippen LogP contribution >= 0.6 is 0 Å². The minimum atomic E-state index is -0.802. The third-order valence-corrected chi connectivity index (χ3v) is 4.45. The van der Waals surface area contributed by atoms with Crippen LogP contribution in [-0.2, 0) is 20.9 Å². The molecule has 0 bridgehead atoms. The van der Waals surface area contributed by atoms with Crippen molar-refractivity contribution in [3.63, 3.8) is 0 Å². The number of hydrogen-bond donors (Lipinski definition) is 0. The van der Waals surface area contributed by atoms with Crippen LogP contribution in [0.5, 0.6) is 0 Å². The lowest BCUT2D eigenvalue weighted by Crippen LogP contribution is -2.38. The van der Waals surface area contributed by atoms with Gasteiger partial charge in [-0.2, -0.15) is 0 Å². The molecule has 0 fully saturated rings. The monoisotopic (exact) mass is 347 g/mol. The normalized spacial score (nSPS) is 11.8. The number of carbonyl (C=O) groups excluding carboxylic acids is 2. The number of rotatable bonds is 5. The number of fused-ring (bicyclic) bond motifs is 1. The summed E-state index contributed by atoms with van der Waals surface area (Å²) >= 11 is 0. The molecule has 0 aliphatic heterocycles. The molecule has 0 radical (unpaired) electrons. The molecule has 0 saturated heterocycles. The van der Waals surface area contributed by atoms with Gasteiger partial charge in [-0.1, -0.05) is 72.8 Å². The van der Waals surface area contributed by atoms with Gasteiger partial charge in [0.15, 0.2) is 6.04 Å². The van der Waals surface area contributed by atoms with E-state index in [1.165, 1.54) is 14.0 Å². The molecule has 0 spiro atoms. The van der Waals surface area contributed by atoms with Crippen molar-refractivity contribution < 1.29 is 14.3 Å². The van der Waals surface area contributed by atoms with Crippen molar-refractivity contribution >= 4 is 22.6 Å². The molecule has 1 amide bonds. The first-order valence-electron chi connectivity index (χ1n) is 8.48. The van der Waals surface area contributed by atoms with Gasteiger partial charge in [-0.05, 0) is 21.9 Å². The number of carbonyl (C=O) groups is 2. The van der Waals surface area contributed by atoms with Crippen LogP contribution in [0.15, 0.2) is 72.8 Å². The molecule has 132 valence electrons. The van der Waals surface area contributed by atoms with Crippen LogP contribution in [0.25, 0.3) is 10.8 Å². The van der Waals surface area contributed by atoms with E-state index in [0.717, 1.165) is 21.9 Å². The first-order valence-corrected chi connectivity index (χ1v) is 8.48. The summed E-state index contributed by atoms with van der Waals surface area (Å²) in [5.74, 6) is -0.635. The van der Waals surface area contributed by atoms with Gasteiger partial charge in [0, 0.05) is 13.5 Å². The summed E-state index contributed by atoms with van der Waals surface area (Å²) in [5, 5.41) is 1.95. The number of nitrogens with zero attached hydrogens (tertiary/aromatic N) is 1. The Balaban J connectivity index is 2.11. The zero-order valence-electron chi connectivity index (χ0n) is 14.9. The first kappa shape index (κ1) is 17.7. The van der Waals surface area contributed by atoms with Crippen LogP contribution in [0.1, 0.15) is 24.1 Å². The van der Waals surface area contributed by atoms with E-state index < -0.39 is 12.0 Å². The van der Waals surface area contributed by atoms with Gasteiger partial charge in [0.2, 0.25) is 5.91 Å². The van der Waals surface area contributed by atoms with E-state index in [4.69, 9.17) is 4.74 Å². The summed E-state index contributed by atoms with van der Waals surface area (Å²) in [6.07, 6.45) is 0. The Morgan fingerprint density at radius 1 is 0.923 bits per heavy atom. The van der Waals surface area contributed by atoms with Crippen molar-refractivity contribution in [3.8, 4) is 0 Å². The van der Waals surface area contributed by atoms with Gasteiger partial charge in [-0.3, -0.25) is 4.79 Å². The van der Waals surface area contributed by atoms with Gasteiger partial charge in [0.25, 0.3) is 0 Å². The summed E-state index contributed by atoms with van der Waals surface area (Å²) in [7, 11) is 1.35. The van der Waals surface area contributed by atoms with E-state index in [9.17, 15) is 9.59 Å². The molecule has 1 unspecified atom stereocenters. The summed E-state index contributed by atoms with van der Waals surface area (Å²) < 4.78 is 5.05.